The molecule has 0 saturated heterocycles. The van der Waals surface area contributed by atoms with Crippen LogP contribution in [0.25, 0.3) is 0 Å². The van der Waals surface area contributed by atoms with Crippen LogP contribution < -0.4 is 10.1 Å². The highest BCUT2D eigenvalue weighted by Gasteiger charge is 2.17. The maximum atomic E-state index is 12.1. The Morgan fingerprint density at radius 3 is 2.48 bits per heavy atom. The van der Waals surface area contributed by atoms with E-state index in [-0.39, 0.29) is 22.2 Å². The van der Waals surface area contributed by atoms with Gasteiger partial charge in [-0.15, -0.1) is 0 Å². The average Bonchev–Trinajstić information content (AvgIpc) is 3.11. The number of esters is 1. The second kappa shape index (κ2) is 9.57. The van der Waals surface area contributed by atoms with Gasteiger partial charge in [0.1, 0.15) is 10.6 Å². The van der Waals surface area contributed by atoms with Crippen LogP contribution in [0.5, 0.6) is 5.75 Å². The number of alkyl halides is 2. The van der Waals surface area contributed by atoms with E-state index < -0.39 is 30.0 Å². The van der Waals surface area contributed by atoms with E-state index in [0.717, 1.165) is 5.56 Å². The lowest BCUT2D eigenvalue weighted by Crippen LogP contribution is -2.30. The summed E-state index contributed by atoms with van der Waals surface area (Å²) in [6, 6.07) is 8.40. The molecule has 0 aliphatic carbocycles. The van der Waals surface area contributed by atoms with Gasteiger partial charge in [0.15, 0.2) is 6.61 Å². The van der Waals surface area contributed by atoms with Gasteiger partial charge in [-0.25, -0.2) is 4.79 Å². The first-order chi connectivity index (χ1) is 12.8. The van der Waals surface area contributed by atoms with Crippen molar-refractivity contribution >= 4 is 28.2 Å². The molecule has 2 rings (SSSR count). The molecular formula is C16H14F2N2O6S. The molecule has 1 heterocycles. The van der Waals surface area contributed by atoms with Crippen molar-refractivity contribution in [1.82, 2.24) is 5.32 Å². The number of ether oxygens (including phenoxy) is 2. The molecule has 1 aromatic heterocycles. The van der Waals surface area contributed by atoms with Gasteiger partial charge in [-0.2, -0.15) is 8.78 Å². The maximum Gasteiger partial charge on any atom is 0.387 e. The number of amides is 1. The molecule has 11 heteroatoms. The predicted molar refractivity (Wildman–Crippen MR) is 91.0 cm³/mol. The van der Waals surface area contributed by atoms with Crippen LogP contribution in [-0.4, -0.2) is 36.6 Å². The molecule has 0 bridgehead atoms. The zero-order valence-electron chi connectivity index (χ0n) is 13.7. The first kappa shape index (κ1) is 20.2. The molecule has 1 amide bonds. The second-order valence-corrected chi connectivity index (χ2v) is 6.16. The lowest BCUT2D eigenvalue weighted by molar-refractivity contribution is -0.380. The number of carbonyl (C=O) groups is 2. The minimum Gasteiger partial charge on any atom is -0.451 e. The van der Waals surface area contributed by atoms with Gasteiger partial charge in [-0.3, -0.25) is 14.9 Å². The molecule has 0 unspecified atom stereocenters. The van der Waals surface area contributed by atoms with Crippen LogP contribution in [-0.2, 0) is 16.0 Å². The van der Waals surface area contributed by atoms with E-state index in [1.807, 2.05) is 0 Å². The summed E-state index contributed by atoms with van der Waals surface area (Å²) in [4.78, 5) is 33.3. The van der Waals surface area contributed by atoms with Crippen LogP contribution in [0, 0.1) is 10.1 Å². The molecule has 0 saturated carbocycles. The van der Waals surface area contributed by atoms with E-state index in [9.17, 15) is 28.5 Å². The van der Waals surface area contributed by atoms with Crippen LogP contribution >= 0.6 is 11.3 Å². The topological polar surface area (TPSA) is 108 Å². The number of nitrogens with one attached hydrogen (secondary N) is 1. The van der Waals surface area contributed by atoms with E-state index in [1.165, 1.54) is 24.3 Å². The Labute approximate surface area is 155 Å². The van der Waals surface area contributed by atoms with Crippen molar-refractivity contribution in [2.45, 2.75) is 13.0 Å². The van der Waals surface area contributed by atoms with Gasteiger partial charge in [-0.05, 0) is 30.2 Å². The lowest BCUT2D eigenvalue weighted by atomic mass is 10.1. The third kappa shape index (κ3) is 6.62. The van der Waals surface area contributed by atoms with Crippen molar-refractivity contribution in [2.24, 2.45) is 0 Å². The minimum atomic E-state index is -2.89. The van der Waals surface area contributed by atoms with Gasteiger partial charge < -0.3 is 14.8 Å². The third-order valence-corrected chi connectivity index (χ3v) is 4.21. The minimum absolute atomic E-state index is 0.0283. The van der Waals surface area contributed by atoms with Crippen LogP contribution in [0.2, 0.25) is 0 Å². The van der Waals surface area contributed by atoms with Gasteiger partial charge in [0.2, 0.25) is 0 Å². The van der Waals surface area contributed by atoms with Crippen molar-refractivity contribution in [3.8, 4) is 5.75 Å². The Morgan fingerprint density at radius 1 is 1.19 bits per heavy atom. The van der Waals surface area contributed by atoms with Crippen molar-refractivity contribution < 1.29 is 32.8 Å². The largest absolute Gasteiger partial charge is 0.451 e. The number of halogens is 2. The molecule has 27 heavy (non-hydrogen) atoms. The quantitative estimate of drug-likeness (QED) is 0.394. The highest BCUT2D eigenvalue weighted by molar-refractivity contribution is 7.17. The Bertz CT molecular complexity index is 809. The molecule has 1 N–H and O–H groups in total. The van der Waals surface area contributed by atoms with Crippen LogP contribution in [0.15, 0.2) is 36.4 Å². The van der Waals surface area contributed by atoms with Gasteiger partial charge in [0, 0.05) is 12.6 Å². The molecule has 1 aromatic carbocycles. The summed E-state index contributed by atoms with van der Waals surface area (Å²) in [6.07, 6.45) is 0.436. The molecule has 0 fully saturated rings. The number of hydrogen-bond acceptors (Lipinski definition) is 7. The van der Waals surface area contributed by atoms with E-state index >= 15 is 0 Å². The summed E-state index contributed by atoms with van der Waals surface area (Å²) in [5, 5.41) is 12.9. The highest BCUT2D eigenvalue weighted by Crippen LogP contribution is 2.24. The lowest BCUT2D eigenvalue weighted by Gasteiger charge is -2.07. The predicted octanol–water partition coefficient (Wildman–Crippen LogP) is 2.77. The van der Waals surface area contributed by atoms with E-state index in [2.05, 4.69) is 10.1 Å². The molecule has 0 aliphatic rings. The van der Waals surface area contributed by atoms with E-state index in [0.29, 0.717) is 17.8 Å². The molecule has 0 aliphatic heterocycles. The normalized spacial score (nSPS) is 10.5. The van der Waals surface area contributed by atoms with Crippen molar-refractivity contribution in [3.63, 3.8) is 0 Å². The first-order valence-electron chi connectivity index (χ1n) is 7.57. The van der Waals surface area contributed by atoms with Crippen LogP contribution in [0.1, 0.15) is 15.2 Å². The number of hydrogen-bond donors (Lipinski definition) is 1. The number of nitro groups is 1. The molecule has 0 radical (unpaired) electrons. The zero-order valence-corrected chi connectivity index (χ0v) is 14.5. The van der Waals surface area contributed by atoms with Gasteiger partial charge in [-0.1, -0.05) is 23.5 Å². The van der Waals surface area contributed by atoms with Crippen LogP contribution in [0.4, 0.5) is 13.8 Å². The van der Waals surface area contributed by atoms with E-state index in [4.69, 9.17) is 4.74 Å². The fraction of sp³-hybridized carbons (Fsp3) is 0.250. The van der Waals surface area contributed by atoms with Gasteiger partial charge >= 0.3 is 17.6 Å². The molecule has 144 valence electrons. The third-order valence-electron chi connectivity index (χ3n) is 3.19. The SMILES string of the molecule is O=C(COC(=O)c1ccc([N+](=O)[O-])s1)NCCc1ccc(OC(F)F)cc1. The number of rotatable bonds is 9. The molecule has 8 nitrogen and oxygen atoms in total. The van der Waals surface area contributed by atoms with Crippen molar-refractivity contribution in [3.05, 3.63) is 57.0 Å². The first-order valence-corrected chi connectivity index (χ1v) is 8.38. The summed E-state index contributed by atoms with van der Waals surface area (Å²) in [7, 11) is 0. The van der Waals surface area contributed by atoms with Crippen molar-refractivity contribution in [2.75, 3.05) is 13.2 Å². The Hall–Kier alpha value is -3.08. The van der Waals surface area contributed by atoms with Gasteiger partial charge in [0.05, 0.1) is 4.92 Å². The summed E-state index contributed by atoms with van der Waals surface area (Å²) in [6.45, 7) is -3.17. The summed E-state index contributed by atoms with van der Waals surface area (Å²) >= 11 is 0.658. The summed E-state index contributed by atoms with van der Waals surface area (Å²) in [5.41, 5.74) is 0.791. The maximum absolute atomic E-state index is 12.1. The standard InChI is InChI=1S/C16H14F2N2O6S/c17-16(18)26-11-3-1-10(2-4-11)7-8-19-13(21)9-25-15(22)12-5-6-14(27-12)20(23)24/h1-6,16H,7-9H2,(H,19,21). The molecule has 0 atom stereocenters. The monoisotopic (exact) mass is 400 g/mol. The molecule has 2 aromatic rings. The van der Waals surface area contributed by atoms with Gasteiger partial charge in [0.25, 0.3) is 5.91 Å². The zero-order chi connectivity index (χ0) is 19.8. The summed E-state index contributed by atoms with van der Waals surface area (Å²) < 4.78 is 33.1. The van der Waals surface area contributed by atoms with Crippen molar-refractivity contribution in [1.29, 1.82) is 0 Å². The summed E-state index contributed by atoms with van der Waals surface area (Å²) in [5.74, 6) is -1.32. The fourth-order valence-corrected chi connectivity index (χ4v) is 2.69. The highest BCUT2D eigenvalue weighted by atomic mass is 32.1. The number of carbonyl (C=O) groups excluding carboxylic acids is 2. The van der Waals surface area contributed by atoms with E-state index in [1.54, 1.807) is 12.1 Å². The Morgan fingerprint density at radius 2 is 1.89 bits per heavy atom. The number of nitrogens with zero attached hydrogens (tertiary/aromatic N) is 1. The number of thiophene rings is 1. The average molecular weight is 400 g/mol. The molecule has 0 spiro atoms. The Balaban J connectivity index is 1.69. The number of benzene rings is 1. The second-order valence-electron chi connectivity index (χ2n) is 5.09. The van der Waals surface area contributed by atoms with Crippen LogP contribution in [0.3, 0.4) is 0 Å². The fourth-order valence-electron chi connectivity index (χ4n) is 1.97. The smallest absolute Gasteiger partial charge is 0.387 e. The molecular weight excluding hydrogens is 386 g/mol. The Kier molecular flexibility index (Phi) is 7.17.